The fourth-order valence-electron chi connectivity index (χ4n) is 7.10. The summed E-state index contributed by atoms with van der Waals surface area (Å²) >= 11 is 0. The maximum Gasteiger partial charge on any atom is 0.237 e. The molecule has 7 heteroatoms. The molecular formula is C45H45N5O2. The molecule has 0 aliphatic rings. The Hall–Kier alpha value is -5.60. The van der Waals surface area contributed by atoms with E-state index >= 15 is 0 Å². The molecule has 0 aliphatic heterocycles. The summed E-state index contributed by atoms with van der Waals surface area (Å²) in [5.74, 6) is -0.273. The second-order valence-corrected chi connectivity index (χ2v) is 13.2. The molecule has 0 heterocycles. The molecule has 0 unspecified atom stereocenters. The van der Waals surface area contributed by atoms with Crippen LogP contribution in [-0.2, 0) is 29.1 Å². The molecule has 7 nitrogen and oxygen atoms in total. The van der Waals surface area contributed by atoms with Crippen LogP contribution in [0.25, 0.3) is 43.1 Å². The van der Waals surface area contributed by atoms with E-state index in [-0.39, 0.29) is 18.4 Å². The van der Waals surface area contributed by atoms with Crippen molar-refractivity contribution in [2.45, 2.75) is 25.6 Å². The van der Waals surface area contributed by atoms with Gasteiger partial charge in [-0.25, -0.2) is 0 Å². The van der Waals surface area contributed by atoms with Gasteiger partial charge in [-0.2, -0.15) is 0 Å². The zero-order chi connectivity index (χ0) is 35.5. The maximum absolute atomic E-state index is 13.4. The highest BCUT2D eigenvalue weighted by molar-refractivity contribution is 6.03. The van der Waals surface area contributed by atoms with Crippen LogP contribution in [0.5, 0.6) is 0 Å². The van der Waals surface area contributed by atoms with Crippen LogP contribution in [-0.4, -0.2) is 50.6 Å². The molecule has 0 spiro atoms. The van der Waals surface area contributed by atoms with Crippen molar-refractivity contribution in [3.8, 4) is 0 Å². The van der Waals surface area contributed by atoms with Gasteiger partial charge < -0.3 is 21.3 Å². The number of carbonyl (C=O) groups excluding carboxylic acids is 2. The highest BCUT2D eigenvalue weighted by Gasteiger charge is 2.19. The molecule has 0 aliphatic carbocycles. The fraction of sp³-hybridized carbons (Fsp3) is 0.200. The lowest BCUT2D eigenvalue weighted by molar-refractivity contribution is -0.123. The molecule has 52 heavy (non-hydrogen) atoms. The zero-order valence-electron chi connectivity index (χ0n) is 29.3. The van der Waals surface area contributed by atoms with Crippen molar-refractivity contribution in [3.05, 3.63) is 156 Å². The van der Waals surface area contributed by atoms with E-state index in [1.54, 1.807) is 0 Å². The molecule has 262 valence electrons. The summed E-state index contributed by atoms with van der Waals surface area (Å²) in [5, 5.41) is 26.2. The smallest absolute Gasteiger partial charge is 0.237 e. The first-order chi connectivity index (χ1) is 25.6. The van der Waals surface area contributed by atoms with Gasteiger partial charge in [0.2, 0.25) is 11.8 Å². The average molecular weight is 688 g/mol. The first-order valence-electron chi connectivity index (χ1n) is 18.2. The third-order valence-corrected chi connectivity index (χ3v) is 9.70. The van der Waals surface area contributed by atoms with Gasteiger partial charge >= 0.3 is 0 Å². The second-order valence-electron chi connectivity index (χ2n) is 13.2. The quantitative estimate of drug-likeness (QED) is 0.0583. The molecule has 7 aromatic rings. The predicted molar refractivity (Wildman–Crippen MR) is 214 cm³/mol. The van der Waals surface area contributed by atoms with Crippen molar-refractivity contribution in [1.82, 2.24) is 26.6 Å². The Bertz CT molecular complexity index is 2200. The summed E-state index contributed by atoms with van der Waals surface area (Å²) in [6.45, 7) is 3.63. The molecule has 0 aromatic heterocycles. The maximum atomic E-state index is 13.4. The summed E-state index contributed by atoms with van der Waals surface area (Å²) in [6, 6.07) is 47.7. The van der Waals surface area contributed by atoms with Crippen molar-refractivity contribution < 1.29 is 9.59 Å². The van der Waals surface area contributed by atoms with E-state index in [1.165, 1.54) is 54.2 Å². The van der Waals surface area contributed by atoms with Crippen LogP contribution in [0.3, 0.4) is 0 Å². The van der Waals surface area contributed by atoms with Crippen molar-refractivity contribution >= 4 is 54.9 Å². The monoisotopic (exact) mass is 687 g/mol. The van der Waals surface area contributed by atoms with Gasteiger partial charge in [-0.1, -0.05) is 127 Å². The third-order valence-electron chi connectivity index (χ3n) is 9.70. The minimum absolute atomic E-state index is 0.0469. The lowest BCUT2D eigenvalue weighted by atomic mass is 9.97. The van der Waals surface area contributed by atoms with Crippen LogP contribution < -0.4 is 26.6 Å². The number of amides is 2. The number of rotatable bonds is 16. The van der Waals surface area contributed by atoms with Crippen molar-refractivity contribution in [1.29, 1.82) is 0 Å². The zero-order valence-corrected chi connectivity index (χ0v) is 29.3. The van der Waals surface area contributed by atoms with Crippen LogP contribution >= 0.6 is 0 Å². The topological polar surface area (TPSA) is 94.3 Å². The molecule has 0 fully saturated rings. The van der Waals surface area contributed by atoms with Gasteiger partial charge in [-0.05, 0) is 78.3 Å². The van der Waals surface area contributed by atoms with Crippen LogP contribution in [0.2, 0.25) is 0 Å². The van der Waals surface area contributed by atoms with E-state index in [0.717, 1.165) is 5.56 Å². The Balaban J connectivity index is 0.889. The number of benzene rings is 7. The number of hydrogen-bond donors (Lipinski definition) is 5. The van der Waals surface area contributed by atoms with E-state index in [2.05, 4.69) is 136 Å². The Kier molecular flexibility index (Phi) is 11.4. The third kappa shape index (κ3) is 8.46. The normalized spacial score (nSPS) is 12.0. The first-order valence-corrected chi connectivity index (χ1v) is 18.2. The SMILES string of the molecule is O=C(CN[C@@H](Cc1ccccc1)C(=O)NCCNCc1c2ccccc2cc2ccccc12)NCCNCc1c2ccccc2cc2ccccc12. The molecule has 0 saturated heterocycles. The van der Waals surface area contributed by atoms with E-state index in [1.807, 2.05) is 30.3 Å². The van der Waals surface area contributed by atoms with Crippen molar-refractivity contribution in [2.24, 2.45) is 0 Å². The number of hydrogen-bond acceptors (Lipinski definition) is 5. The Labute approximate surface area is 304 Å². The Morgan fingerprint density at radius 3 is 1.38 bits per heavy atom. The fourth-order valence-corrected chi connectivity index (χ4v) is 7.10. The minimum atomic E-state index is -0.548. The average Bonchev–Trinajstić information content (AvgIpc) is 3.18. The van der Waals surface area contributed by atoms with Gasteiger partial charge in [0.1, 0.15) is 0 Å². The summed E-state index contributed by atoms with van der Waals surface area (Å²) in [4.78, 5) is 26.3. The van der Waals surface area contributed by atoms with Gasteiger partial charge in [0, 0.05) is 39.3 Å². The predicted octanol–water partition coefficient (Wildman–Crippen LogP) is 6.61. The van der Waals surface area contributed by atoms with E-state index < -0.39 is 6.04 Å². The summed E-state index contributed by atoms with van der Waals surface area (Å²) in [6.07, 6.45) is 0.482. The van der Waals surface area contributed by atoms with Gasteiger partial charge in [-0.15, -0.1) is 0 Å². The molecule has 1 atom stereocenters. The Morgan fingerprint density at radius 1 is 0.481 bits per heavy atom. The summed E-state index contributed by atoms with van der Waals surface area (Å²) < 4.78 is 0. The highest BCUT2D eigenvalue weighted by Crippen LogP contribution is 2.29. The second kappa shape index (κ2) is 17.1. The molecule has 0 bridgehead atoms. The number of fused-ring (bicyclic) bond motifs is 4. The minimum Gasteiger partial charge on any atom is -0.354 e. The lowest BCUT2D eigenvalue weighted by Gasteiger charge is -2.19. The van der Waals surface area contributed by atoms with Crippen molar-refractivity contribution in [3.63, 3.8) is 0 Å². The van der Waals surface area contributed by atoms with Gasteiger partial charge in [0.15, 0.2) is 0 Å². The highest BCUT2D eigenvalue weighted by atomic mass is 16.2. The molecule has 2 amide bonds. The van der Waals surface area contributed by atoms with Gasteiger partial charge in [-0.3, -0.25) is 14.9 Å². The standard InChI is InChI=1S/C45H45N5O2/c51-44(48-24-22-46-29-41-37-18-8-4-14-33(37)27-34-15-5-9-19-38(34)41)31-50-43(26-32-12-2-1-3-13-32)45(52)49-25-23-47-30-42-39-20-10-6-16-35(39)28-36-17-7-11-21-40(36)42/h1-21,27-28,43,46-47,50H,22-26,29-31H2,(H,48,51)(H,49,52)/t43-/m0/s1. The van der Waals surface area contributed by atoms with Crippen LogP contribution in [0.1, 0.15) is 16.7 Å². The summed E-state index contributed by atoms with van der Waals surface area (Å²) in [7, 11) is 0. The molecule has 0 saturated carbocycles. The molecular weight excluding hydrogens is 643 g/mol. The van der Waals surface area contributed by atoms with E-state index in [9.17, 15) is 9.59 Å². The van der Waals surface area contributed by atoms with Crippen LogP contribution in [0.15, 0.2) is 140 Å². The van der Waals surface area contributed by atoms with E-state index in [4.69, 9.17) is 0 Å². The van der Waals surface area contributed by atoms with Gasteiger partial charge in [0.05, 0.1) is 12.6 Å². The van der Waals surface area contributed by atoms with Crippen LogP contribution in [0.4, 0.5) is 0 Å². The van der Waals surface area contributed by atoms with Crippen LogP contribution in [0, 0.1) is 0 Å². The van der Waals surface area contributed by atoms with Crippen molar-refractivity contribution in [2.75, 3.05) is 32.7 Å². The van der Waals surface area contributed by atoms with E-state index in [0.29, 0.717) is 45.7 Å². The molecule has 5 N–H and O–H groups in total. The van der Waals surface area contributed by atoms with Gasteiger partial charge in [0.25, 0.3) is 0 Å². The largest absolute Gasteiger partial charge is 0.354 e. The number of nitrogens with one attached hydrogen (secondary N) is 5. The molecule has 7 aromatic carbocycles. The summed E-state index contributed by atoms with van der Waals surface area (Å²) in [5.41, 5.74) is 3.54. The Morgan fingerprint density at radius 2 is 0.904 bits per heavy atom. The lowest BCUT2D eigenvalue weighted by Crippen LogP contribution is -2.50. The molecule has 7 rings (SSSR count). The molecule has 0 radical (unpaired) electrons. The number of carbonyl (C=O) groups is 2. The first kappa shape index (κ1) is 34.8.